The van der Waals surface area contributed by atoms with Gasteiger partial charge in [-0.25, -0.2) is 9.48 Å². The van der Waals surface area contributed by atoms with Gasteiger partial charge in [-0.05, 0) is 43.3 Å². The van der Waals surface area contributed by atoms with Crippen LogP contribution in [0, 0.1) is 0 Å². The highest BCUT2D eigenvalue weighted by Gasteiger charge is 2.20. The Morgan fingerprint density at radius 3 is 2.75 bits per heavy atom. The van der Waals surface area contributed by atoms with E-state index in [1.54, 1.807) is 6.07 Å². The molecule has 0 saturated carbocycles. The highest BCUT2D eigenvalue weighted by Crippen LogP contribution is 2.24. The quantitative estimate of drug-likeness (QED) is 0.895. The average molecular weight is 276 g/mol. The number of nitrogens with zero attached hydrogens (tertiary/aromatic N) is 4. The van der Waals surface area contributed by atoms with Crippen LogP contribution < -0.4 is 4.74 Å². The standard InChI is InChI=1S/C13H16N4O3/c1-8(2)20-11-6-4-5-10(7-11)12-14-15-16-17(12)9(3)13(18)19/h4-9H,1-3H3,(H,18,19). The fourth-order valence-electron chi connectivity index (χ4n) is 1.73. The molecule has 0 saturated heterocycles. The Kier molecular flexibility index (Phi) is 3.97. The van der Waals surface area contributed by atoms with Crippen molar-refractivity contribution in [2.75, 3.05) is 0 Å². The molecule has 20 heavy (non-hydrogen) atoms. The van der Waals surface area contributed by atoms with Gasteiger partial charge >= 0.3 is 5.97 Å². The largest absolute Gasteiger partial charge is 0.491 e. The second-order valence-corrected chi connectivity index (χ2v) is 4.66. The minimum atomic E-state index is -0.992. The van der Waals surface area contributed by atoms with Crippen LogP contribution in [0.2, 0.25) is 0 Å². The number of hydrogen-bond acceptors (Lipinski definition) is 5. The topological polar surface area (TPSA) is 90.1 Å². The Labute approximate surface area is 116 Å². The monoisotopic (exact) mass is 276 g/mol. The van der Waals surface area contributed by atoms with Gasteiger partial charge in [0.25, 0.3) is 0 Å². The number of hydrogen-bond donors (Lipinski definition) is 1. The zero-order valence-electron chi connectivity index (χ0n) is 11.5. The van der Waals surface area contributed by atoms with Crippen molar-refractivity contribution >= 4 is 5.97 Å². The molecule has 1 N–H and O–H groups in total. The summed E-state index contributed by atoms with van der Waals surface area (Å²) in [5, 5.41) is 20.2. The predicted molar refractivity (Wildman–Crippen MR) is 71.4 cm³/mol. The molecule has 0 radical (unpaired) electrons. The van der Waals surface area contributed by atoms with Crippen molar-refractivity contribution in [3.63, 3.8) is 0 Å². The van der Waals surface area contributed by atoms with E-state index in [0.29, 0.717) is 17.1 Å². The van der Waals surface area contributed by atoms with Crippen molar-refractivity contribution in [2.45, 2.75) is 32.9 Å². The van der Waals surface area contributed by atoms with Crippen LogP contribution >= 0.6 is 0 Å². The van der Waals surface area contributed by atoms with Gasteiger partial charge in [0.2, 0.25) is 0 Å². The second kappa shape index (κ2) is 5.68. The van der Waals surface area contributed by atoms with E-state index in [2.05, 4.69) is 15.5 Å². The summed E-state index contributed by atoms with van der Waals surface area (Å²) in [4.78, 5) is 11.1. The van der Waals surface area contributed by atoms with Gasteiger partial charge in [-0.1, -0.05) is 12.1 Å². The Hall–Kier alpha value is -2.44. The lowest BCUT2D eigenvalue weighted by molar-refractivity contribution is -0.140. The normalized spacial score (nSPS) is 12.4. The zero-order chi connectivity index (χ0) is 14.7. The molecule has 1 atom stereocenters. The van der Waals surface area contributed by atoms with Gasteiger partial charge in [0.05, 0.1) is 6.10 Å². The molecule has 2 rings (SSSR count). The summed E-state index contributed by atoms with van der Waals surface area (Å²) in [6.07, 6.45) is 0.0548. The second-order valence-electron chi connectivity index (χ2n) is 4.66. The van der Waals surface area contributed by atoms with Crippen LogP contribution in [-0.2, 0) is 4.79 Å². The summed E-state index contributed by atoms with van der Waals surface area (Å²) >= 11 is 0. The third kappa shape index (κ3) is 2.93. The van der Waals surface area contributed by atoms with Gasteiger partial charge in [0.1, 0.15) is 5.75 Å². The first-order chi connectivity index (χ1) is 9.49. The van der Waals surface area contributed by atoms with Crippen LogP contribution in [0.3, 0.4) is 0 Å². The molecule has 7 heteroatoms. The molecule has 0 bridgehead atoms. The molecule has 106 valence electrons. The molecule has 0 aliphatic rings. The summed E-state index contributed by atoms with van der Waals surface area (Å²) in [7, 11) is 0. The number of aromatic nitrogens is 4. The Morgan fingerprint density at radius 2 is 2.10 bits per heavy atom. The number of carbonyl (C=O) groups is 1. The fraction of sp³-hybridized carbons (Fsp3) is 0.385. The Morgan fingerprint density at radius 1 is 1.35 bits per heavy atom. The van der Waals surface area contributed by atoms with E-state index < -0.39 is 12.0 Å². The van der Waals surface area contributed by atoms with Crippen LogP contribution in [0.15, 0.2) is 24.3 Å². The molecule has 0 spiro atoms. The molecule has 0 fully saturated rings. The van der Waals surface area contributed by atoms with E-state index in [9.17, 15) is 4.79 Å². The van der Waals surface area contributed by atoms with Gasteiger partial charge in [0.15, 0.2) is 11.9 Å². The molecule has 0 amide bonds. The minimum Gasteiger partial charge on any atom is -0.491 e. The summed E-state index contributed by atoms with van der Waals surface area (Å²) in [5.74, 6) is 0.0947. The number of carboxylic acids is 1. The van der Waals surface area contributed by atoms with Crippen molar-refractivity contribution in [3.8, 4) is 17.1 Å². The third-order valence-corrected chi connectivity index (χ3v) is 2.68. The van der Waals surface area contributed by atoms with E-state index in [0.717, 1.165) is 0 Å². The van der Waals surface area contributed by atoms with Crippen LogP contribution in [0.25, 0.3) is 11.4 Å². The fourth-order valence-corrected chi connectivity index (χ4v) is 1.73. The van der Waals surface area contributed by atoms with E-state index in [1.165, 1.54) is 11.6 Å². The SMILES string of the molecule is CC(C)Oc1cccc(-c2nnnn2C(C)C(=O)O)c1. The van der Waals surface area contributed by atoms with Gasteiger partial charge in [-0.3, -0.25) is 0 Å². The molecule has 0 aliphatic carbocycles. The molecular weight excluding hydrogens is 260 g/mol. The van der Waals surface area contributed by atoms with Crippen molar-refractivity contribution in [1.82, 2.24) is 20.2 Å². The van der Waals surface area contributed by atoms with Crippen molar-refractivity contribution in [1.29, 1.82) is 0 Å². The van der Waals surface area contributed by atoms with Crippen LogP contribution in [-0.4, -0.2) is 37.4 Å². The predicted octanol–water partition coefficient (Wildman–Crippen LogP) is 1.77. The van der Waals surface area contributed by atoms with Crippen LogP contribution in [0.5, 0.6) is 5.75 Å². The number of tetrazole rings is 1. The van der Waals surface area contributed by atoms with Gasteiger partial charge < -0.3 is 9.84 Å². The molecule has 1 heterocycles. The van der Waals surface area contributed by atoms with Crippen molar-refractivity contribution in [2.24, 2.45) is 0 Å². The molecule has 1 aromatic carbocycles. The van der Waals surface area contributed by atoms with E-state index in [-0.39, 0.29) is 6.10 Å². The zero-order valence-corrected chi connectivity index (χ0v) is 11.5. The summed E-state index contributed by atoms with van der Waals surface area (Å²) in [5.41, 5.74) is 0.709. The molecule has 1 unspecified atom stereocenters. The first kappa shape index (κ1) is 14.0. The van der Waals surface area contributed by atoms with Crippen molar-refractivity contribution < 1.29 is 14.6 Å². The maximum Gasteiger partial charge on any atom is 0.328 e. The first-order valence-corrected chi connectivity index (χ1v) is 6.27. The molecule has 2 aromatic rings. The van der Waals surface area contributed by atoms with E-state index in [1.807, 2.05) is 32.0 Å². The highest BCUT2D eigenvalue weighted by molar-refractivity contribution is 5.72. The molecule has 7 nitrogen and oxygen atoms in total. The lowest BCUT2D eigenvalue weighted by Gasteiger charge is -2.12. The van der Waals surface area contributed by atoms with Crippen molar-refractivity contribution in [3.05, 3.63) is 24.3 Å². The minimum absolute atomic E-state index is 0.0548. The summed E-state index contributed by atoms with van der Waals surface area (Å²) in [6, 6.07) is 6.41. The third-order valence-electron chi connectivity index (χ3n) is 2.68. The lowest BCUT2D eigenvalue weighted by atomic mass is 10.2. The Bertz CT molecular complexity index is 609. The highest BCUT2D eigenvalue weighted by atomic mass is 16.5. The van der Waals surface area contributed by atoms with Gasteiger partial charge in [0, 0.05) is 5.56 Å². The van der Waals surface area contributed by atoms with Crippen LogP contribution in [0.4, 0.5) is 0 Å². The van der Waals surface area contributed by atoms with E-state index in [4.69, 9.17) is 9.84 Å². The molecule has 0 aliphatic heterocycles. The van der Waals surface area contributed by atoms with E-state index >= 15 is 0 Å². The number of rotatable bonds is 5. The average Bonchev–Trinajstić information content (AvgIpc) is 2.86. The number of carboxylic acid groups (broad SMARTS) is 1. The smallest absolute Gasteiger partial charge is 0.328 e. The summed E-state index contributed by atoms with van der Waals surface area (Å²) in [6.45, 7) is 5.39. The number of aliphatic carboxylic acids is 1. The van der Waals surface area contributed by atoms with Gasteiger partial charge in [-0.2, -0.15) is 0 Å². The Balaban J connectivity index is 2.37. The number of benzene rings is 1. The maximum absolute atomic E-state index is 11.1. The summed E-state index contributed by atoms with van der Waals surface area (Å²) < 4.78 is 6.88. The van der Waals surface area contributed by atoms with Crippen LogP contribution in [0.1, 0.15) is 26.8 Å². The lowest BCUT2D eigenvalue weighted by Crippen LogP contribution is -2.18. The number of ether oxygens (including phenoxy) is 1. The first-order valence-electron chi connectivity index (χ1n) is 6.27. The maximum atomic E-state index is 11.1. The molecular formula is C13H16N4O3. The molecule has 1 aromatic heterocycles. The van der Waals surface area contributed by atoms with Gasteiger partial charge in [-0.15, -0.1) is 5.10 Å².